The van der Waals surface area contributed by atoms with Crippen LogP contribution in [0.5, 0.6) is 0 Å². The van der Waals surface area contributed by atoms with Crippen LogP contribution < -0.4 is 17.0 Å². The topological polar surface area (TPSA) is 137 Å². The Morgan fingerprint density at radius 2 is 2.14 bits per heavy atom. The first kappa shape index (κ1) is 22.7. The molecule has 0 spiro atoms. The van der Waals surface area contributed by atoms with Crippen LogP contribution in [0.3, 0.4) is 0 Å². The molecule has 1 aliphatic heterocycles. The van der Waals surface area contributed by atoms with Crippen molar-refractivity contribution in [2.45, 2.75) is 49.3 Å². The number of carbonyl (C=O) groups is 1. The van der Waals surface area contributed by atoms with Crippen molar-refractivity contribution >= 4 is 41.1 Å². The Hall–Kier alpha value is -1.56. The van der Waals surface area contributed by atoms with Gasteiger partial charge in [-0.25, -0.2) is 9.18 Å². The highest BCUT2D eigenvalue weighted by Crippen LogP contribution is 2.45. The summed E-state index contributed by atoms with van der Waals surface area (Å²) in [7, 11) is 3.81. The van der Waals surface area contributed by atoms with E-state index in [4.69, 9.17) is 26.8 Å². The largest absolute Gasteiger partial charge is 0.471 e. The number of rotatable bonds is 5. The number of carbonyl (C=O) groups excluding carboxylic acids is 1. The molecule has 9 nitrogen and oxygen atoms in total. The molecule has 152 valence electrons. The number of hydrogen-bond acceptors (Lipinski definition) is 7. The van der Waals surface area contributed by atoms with Gasteiger partial charge in [-0.2, -0.15) is 0 Å². The quantitative estimate of drug-likeness (QED) is 0.333. The zero-order valence-electron chi connectivity index (χ0n) is 16.3. The molecular formula is C14H22B3ClFN3O6. The minimum absolute atomic E-state index is 0.235. The monoisotopic (exact) mass is 415 g/mol. The van der Waals surface area contributed by atoms with Crippen LogP contribution in [0.1, 0.15) is 20.3 Å². The van der Waals surface area contributed by atoms with Gasteiger partial charge in [-0.05, 0) is 5.92 Å². The number of nitrogens with two attached hydrogens (primary N) is 1. The van der Waals surface area contributed by atoms with Crippen molar-refractivity contribution in [1.82, 2.24) is 9.55 Å². The van der Waals surface area contributed by atoms with Crippen molar-refractivity contribution in [3.8, 4) is 0 Å². The van der Waals surface area contributed by atoms with E-state index in [1.165, 1.54) is 23.5 Å². The molecule has 1 fully saturated rings. The average Bonchev–Trinajstić information content (AvgIpc) is 2.81. The van der Waals surface area contributed by atoms with Gasteiger partial charge in [0.05, 0.1) is 11.5 Å². The molecule has 2 heterocycles. The first-order chi connectivity index (χ1) is 12.6. The molecule has 0 radical (unpaired) electrons. The Morgan fingerprint density at radius 3 is 2.68 bits per heavy atom. The smallest absolute Gasteiger partial charge is 0.330 e. The van der Waals surface area contributed by atoms with Gasteiger partial charge in [-0.3, -0.25) is 19.1 Å². The molecule has 0 aliphatic carbocycles. The van der Waals surface area contributed by atoms with Crippen molar-refractivity contribution in [3.05, 3.63) is 32.1 Å². The lowest BCUT2D eigenvalue weighted by Crippen LogP contribution is -2.59. The number of hydrogen-bond donors (Lipinski definition) is 3. The van der Waals surface area contributed by atoms with Gasteiger partial charge in [0.25, 0.3) is 5.56 Å². The lowest BCUT2D eigenvalue weighted by Gasteiger charge is -2.39. The van der Waals surface area contributed by atoms with Crippen LogP contribution in [0.4, 0.5) is 4.39 Å². The third-order valence-electron chi connectivity index (χ3n) is 5.06. The number of esters is 1. The summed E-state index contributed by atoms with van der Waals surface area (Å²) in [5.74, 6) is -3.72. The summed E-state index contributed by atoms with van der Waals surface area (Å²) in [6.07, 6.45) is -1.18. The Kier molecular flexibility index (Phi) is 5.98. The second-order valence-corrected chi connectivity index (χ2v) is 8.32. The van der Waals surface area contributed by atoms with Crippen LogP contribution >= 0.6 is 11.6 Å². The van der Waals surface area contributed by atoms with E-state index >= 15 is 4.39 Å². The minimum atomic E-state index is -2.66. The summed E-state index contributed by atoms with van der Waals surface area (Å²) < 4.78 is 27.2. The Bertz CT molecular complexity index is 896. The van der Waals surface area contributed by atoms with Crippen molar-refractivity contribution in [2.75, 3.05) is 0 Å². The second kappa shape index (κ2) is 7.36. The number of alkyl halides is 1. The number of aliphatic hydroxyl groups is 1. The number of nitrogens with one attached hydrogen (secondary N) is 1. The number of nitrogens with zero attached hydrogens (tertiary/aromatic N) is 1. The van der Waals surface area contributed by atoms with Crippen LogP contribution in [-0.2, 0) is 19.9 Å². The number of aromatic nitrogens is 2. The Morgan fingerprint density at radius 1 is 1.57 bits per heavy atom. The molecule has 0 unspecified atom stereocenters. The number of halogens is 2. The number of aliphatic hydroxyl groups excluding tert-OH is 1. The van der Waals surface area contributed by atoms with Gasteiger partial charge in [-0.1, -0.05) is 25.4 Å². The molecule has 1 aromatic heterocycles. The lowest BCUT2D eigenvalue weighted by molar-refractivity contribution is -0.232. The number of H-pyrrole nitrogens is 1. The highest BCUT2D eigenvalue weighted by atomic mass is 35.5. The molecule has 14 heteroatoms. The average molecular weight is 415 g/mol. The fraction of sp³-hybridized carbons (Fsp3) is 0.643. The summed E-state index contributed by atoms with van der Waals surface area (Å²) in [6.45, 7) is 3.42. The van der Waals surface area contributed by atoms with Gasteiger partial charge in [0.2, 0.25) is 5.85 Å². The molecule has 2 rings (SSSR count). The molecule has 0 bridgehead atoms. The highest BCUT2D eigenvalue weighted by molar-refractivity contribution is 6.40. The van der Waals surface area contributed by atoms with Gasteiger partial charge in [0.15, 0.2) is 23.5 Å². The molecule has 4 atom stereocenters. The van der Waals surface area contributed by atoms with Crippen LogP contribution in [0.15, 0.2) is 15.8 Å². The van der Waals surface area contributed by atoms with Crippen LogP contribution in [-0.4, -0.2) is 67.6 Å². The molecule has 0 aromatic carbocycles. The van der Waals surface area contributed by atoms with E-state index < -0.39 is 52.7 Å². The third-order valence-corrected chi connectivity index (χ3v) is 5.33. The van der Waals surface area contributed by atoms with E-state index in [2.05, 4.69) is 0 Å². The van der Waals surface area contributed by atoms with Crippen LogP contribution in [0.2, 0.25) is 5.02 Å². The van der Waals surface area contributed by atoms with Crippen molar-refractivity contribution < 1.29 is 23.8 Å². The molecule has 0 saturated carbocycles. The standard InChI is InChI=1S/C14H22B3ClFN3O6/c1-5(2)8(20)10(25)27-14(16,17)12(19)3-7(23)13(15,28-12)22-4-6(18)9(24)21-11(22)26/h4-5,7-8,23H,3,15-17,20H2,1-2H3,(H,21,24,26)/t7-,8+,12+,13+/m1/s1. The van der Waals surface area contributed by atoms with E-state index in [-0.39, 0.29) is 10.9 Å². The maximum absolute atomic E-state index is 15.7. The van der Waals surface area contributed by atoms with E-state index in [0.717, 1.165) is 10.8 Å². The van der Waals surface area contributed by atoms with Gasteiger partial charge in [0.1, 0.15) is 16.7 Å². The predicted octanol–water partition coefficient (Wildman–Crippen LogP) is -3.67. The van der Waals surface area contributed by atoms with E-state index in [1.54, 1.807) is 13.8 Å². The van der Waals surface area contributed by atoms with Crippen molar-refractivity contribution in [2.24, 2.45) is 11.7 Å². The van der Waals surface area contributed by atoms with Crippen molar-refractivity contribution in [1.29, 1.82) is 0 Å². The normalized spacial score (nSPS) is 29.0. The number of aromatic amines is 1. The fourth-order valence-corrected chi connectivity index (χ4v) is 3.04. The zero-order chi connectivity index (χ0) is 21.7. The van der Waals surface area contributed by atoms with Crippen molar-refractivity contribution in [3.63, 3.8) is 0 Å². The summed E-state index contributed by atoms with van der Waals surface area (Å²) >= 11 is 5.75. The lowest BCUT2D eigenvalue weighted by atomic mass is 9.59. The SMILES string of the molecule is BC(B)(OC(=O)[C@@H](N)C(C)C)[C@]1(F)C[C@@H](O)[C@](B)(n2cc(Cl)c(=O)[nH]c2=O)O1. The van der Waals surface area contributed by atoms with E-state index in [1.807, 2.05) is 4.98 Å². The third kappa shape index (κ3) is 3.80. The minimum Gasteiger partial charge on any atom is -0.471 e. The maximum Gasteiger partial charge on any atom is 0.330 e. The van der Waals surface area contributed by atoms with E-state index in [0.29, 0.717) is 0 Å². The predicted molar refractivity (Wildman–Crippen MR) is 107 cm³/mol. The molecule has 0 amide bonds. The first-order valence-corrected chi connectivity index (χ1v) is 9.10. The molecule has 1 aromatic rings. The Labute approximate surface area is 167 Å². The second-order valence-electron chi connectivity index (χ2n) is 7.91. The van der Waals surface area contributed by atoms with Crippen LogP contribution in [0, 0.1) is 5.92 Å². The molecular weight excluding hydrogens is 393 g/mol. The summed E-state index contributed by atoms with van der Waals surface area (Å²) in [5, 5.41) is 8.30. The fourth-order valence-electron chi connectivity index (χ4n) is 2.90. The maximum atomic E-state index is 15.7. The van der Waals surface area contributed by atoms with Gasteiger partial charge in [0, 0.05) is 12.6 Å². The summed E-state index contributed by atoms with van der Waals surface area (Å²) in [6, 6.07) is -0.971. The molecule has 1 saturated heterocycles. The van der Waals surface area contributed by atoms with Gasteiger partial charge < -0.3 is 20.3 Å². The van der Waals surface area contributed by atoms with Gasteiger partial charge >= 0.3 is 11.7 Å². The zero-order valence-corrected chi connectivity index (χ0v) is 17.0. The highest BCUT2D eigenvalue weighted by Gasteiger charge is 2.62. The first-order valence-electron chi connectivity index (χ1n) is 8.72. The molecule has 4 N–H and O–H groups in total. The van der Waals surface area contributed by atoms with Crippen LogP contribution in [0.25, 0.3) is 0 Å². The Balaban J connectivity index is 2.39. The number of ether oxygens (including phenoxy) is 2. The summed E-state index contributed by atoms with van der Waals surface area (Å²) in [5.41, 5.74) is 2.06. The summed E-state index contributed by atoms with van der Waals surface area (Å²) in [4.78, 5) is 37.8. The van der Waals surface area contributed by atoms with Gasteiger partial charge in [-0.15, -0.1) is 0 Å². The van der Waals surface area contributed by atoms with E-state index in [9.17, 15) is 19.5 Å². The molecule has 1 aliphatic rings. The molecule has 28 heavy (non-hydrogen) atoms.